The Kier molecular flexibility index (Phi) is 5.27. The fraction of sp³-hybridized carbons (Fsp3) is 0.435. The van der Waals surface area contributed by atoms with E-state index in [1.807, 2.05) is 60.7 Å². The number of benzene rings is 2. The SMILES string of the molecule is C[C@H]1C[C@@H](NC(=O)C(c2ccccc2)c2ccccc2)CC(C)(C)C1. The highest BCUT2D eigenvalue weighted by Gasteiger charge is 2.34. The molecule has 0 heterocycles. The molecule has 1 N–H and O–H groups in total. The second kappa shape index (κ2) is 7.43. The lowest BCUT2D eigenvalue weighted by Gasteiger charge is -2.39. The van der Waals surface area contributed by atoms with Crippen LogP contribution in [0.25, 0.3) is 0 Å². The summed E-state index contributed by atoms with van der Waals surface area (Å²) in [5.41, 5.74) is 2.40. The molecule has 2 heteroatoms. The Hall–Kier alpha value is -2.09. The summed E-state index contributed by atoms with van der Waals surface area (Å²) in [5.74, 6) is 0.524. The third-order valence-electron chi connectivity index (χ3n) is 5.26. The predicted molar refractivity (Wildman–Crippen MR) is 103 cm³/mol. The van der Waals surface area contributed by atoms with Gasteiger partial charge in [0, 0.05) is 6.04 Å². The third-order valence-corrected chi connectivity index (χ3v) is 5.26. The van der Waals surface area contributed by atoms with Crippen LogP contribution in [0.2, 0.25) is 0 Å². The minimum absolute atomic E-state index is 0.118. The quantitative estimate of drug-likeness (QED) is 0.822. The molecule has 0 spiro atoms. The Balaban J connectivity index is 1.83. The molecule has 1 amide bonds. The Morgan fingerprint density at radius 3 is 1.96 bits per heavy atom. The van der Waals surface area contributed by atoms with Crippen molar-refractivity contribution in [2.24, 2.45) is 11.3 Å². The van der Waals surface area contributed by atoms with E-state index in [0.717, 1.165) is 24.0 Å². The molecule has 0 radical (unpaired) electrons. The maximum atomic E-state index is 13.2. The van der Waals surface area contributed by atoms with Gasteiger partial charge in [-0.05, 0) is 41.7 Å². The highest BCUT2D eigenvalue weighted by Crippen LogP contribution is 2.38. The molecule has 0 aliphatic heterocycles. The van der Waals surface area contributed by atoms with Crippen LogP contribution in [0.1, 0.15) is 57.1 Å². The van der Waals surface area contributed by atoms with E-state index in [2.05, 4.69) is 26.1 Å². The van der Waals surface area contributed by atoms with Crippen molar-refractivity contribution in [3.63, 3.8) is 0 Å². The monoisotopic (exact) mass is 335 g/mol. The summed E-state index contributed by atoms with van der Waals surface area (Å²) in [5, 5.41) is 3.36. The van der Waals surface area contributed by atoms with Gasteiger partial charge in [-0.3, -0.25) is 4.79 Å². The van der Waals surface area contributed by atoms with Crippen molar-refractivity contribution in [2.75, 3.05) is 0 Å². The van der Waals surface area contributed by atoms with Crippen molar-refractivity contribution < 1.29 is 4.79 Å². The summed E-state index contributed by atoms with van der Waals surface area (Å²) in [6.45, 7) is 6.92. The van der Waals surface area contributed by atoms with Gasteiger partial charge in [0.2, 0.25) is 5.91 Å². The van der Waals surface area contributed by atoms with Gasteiger partial charge in [-0.25, -0.2) is 0 Å². The Morgan fingerprint density at radius 2 is 1.48 bits per heavy atom. The van der Waals surface area contributed by atoms with Crippen LogP contribution >= 0.6 is 0 Å². The summed E-state index contributed by atoms with van der Waals surface area (Å²) in [7, 11) is 0. The van der Waals surface area contributed by atoms with E-state index in [-0.39, 0.29) is 17.9 Å². The summed E-state index contributed by atoms with van der Waals surface area (Å²) in [6, 6.07) is 20.5. The minimum Gasteiger partial charge on any atom is -0.353 e. The van der Waals surface area contributed by atoms with Crippen LogP contribution in [-0.4, -0.2) is 11.9 Å². The van der Waals surface area contributed by atoms with Crippen LogP contribution in [-0.2, 0) is 4.79 Å². The predicted octanol–water partition coefficient (Wildman–Crippen LogP) is 5.15. The molecule has 0 unspecified atom stereocenters. The van der Waals surface area contributed by atoms with Gasteiger partial charge >= 0.3 is 0 Å². The van der Waals surface area contributed by atoms with Gasteiger partial charge in [-0.2, -0.15) is 0 Å². The minimum atomic E-state index is -0.247. The summed E-state index contributed by atoms with van der Waals surface area (Å²) in [6.07, 6.45) is 3.37. The molecule has 25 heavy (non-hydrogen) atoms. The zero-order valence-corrected chi connectivity index (χ0v) is 15.5. The van der Waals surface area contributed by atoms with Gasteiger partial charge in [0.15, 0.2) is 0 Å². The van der Waals surface area contributed by atoms with Crippen LogP contribution in [0.15, 0.2) is 60.7 Å². The van der Waals surface area contributed by atoms with Gasteiger partial charge in [0.1, 0.15) is 0 Å². The zero-order valence-electron chi connectivity index (χ0n) is 15.5. The second-order valence-electron chi connectivity index (χ2n) is 8.37. The summed E-state index contributed by atoms with van der Waals surface area (Å²) >= 11 is 0. The zero-order chi connectivity index (χ0) is 17.9. The lowest BCUT2D eigenvalue weighted by molar-refractivity contribution is -0.123. The topological polar surface area (TPSA) is 29.1 Å². The normalized spacial score (nSPS) is 22.6. The van der Waals surface area contributed by atoms with E-state index in [4.69, 9.17) is 0 Å². The lowest BCUT2D eigenvalue weighted by atomic mass is 9.70. The van der Waals surface area contributed by atoms with Crippen LogP contribution < -0.4 is 5.32 Å². The summed E-state index contributed by atoms with van der Waals surface area (Å²) in [4.78, 5) is 13.2. The molecule has 2 nitrogen and oxygen atoms in total. The molecule has 1 saturated carbocycles. The molecule has 2 atom stereocenters. The van der Waals surface area contributed by atoms with Crippen LogP contribution in [0.5, 0.6) is 0 Å². The smallest absolute Gasteiger partial charge is 0.232 e. The maximum Gasteiger partial charge on any atom is 0.232 e. The first-order chi connectivity index (χ1) is 11.9. The highest BCUT2D eigenvalue weighted by atomic mass is 16.1. The van der Waals surface area contributed by atoms with Crippen molar-refractivity contribution in [1.82, 2.24) is 5.32 Å². The van der Waals surface area contributed by atoms with Gasteiger partial charge in [-0.15, -0.1) is 0 Å². The van der Waals surface area contributed by atoms with E-state index >= 15 is 0 Å². The number of carbonyl (C=O) groups is 1. The van der Waals surface area contributed by atoms with Gasteiger partial charge in [0.05, 0.1) is 5.92 Å². The standard InChI is InChI=1S/C23H29NO/c1-17-14-20(16-23(2,3)15-17)24-22(25)21(18-10-6-4-7-11-18)19-12-8-5-9-13-19/h4-13,17,20-21H,14-16H2,1-3H3,(H,24,25)/t17-,20+/m0/s1. The number of carbonyl (C=O) groups excluding carboxylic acids is 1. The van der Waals surface area contributed by atoms with Crippen molar-refractivity contribution in [3.8, 4) is 0 Å². The van der Waals surface area contributed by atoms with Gasteiger partial charge < -0.3 is 5.32 Å². The average molecular weight is 335 g/mol. The molecule has 0 saturated heterocycles. The van der Waals surface area contributed by atoms with E-state index in [1.165, 1.54) is 6.42 Å². The molecule has 2 aromatic carbocycles. The van der Waals surface area contributed by atoms with Crippen LogP contribution in [0.3, 0.4) is 0 Å². The number of hydrogen-bond acceptors (Lipinski definition) is 1. The van der Waals surface area contributed by atoms with Crippen LogP contribution in [0.4, 0.5) is 0 Å². The average Bonchev–Trinajstić information content (AvgIpc) is 2.55. The fourth-order valence-electron chi connectivity index (χ4n) is 4.53. The van der Waals surface area contributed by atoms with Crippen LogP contribution in [0, 0.1) is 11.3 Å². The van der Waals surface area contributed by atoms with Crippen molar-refractivity contribution in [1.29, 1.82) is 0 Å². The lowest BCUT2D eigenvalue weighted by Crippen LogP contribution is -2.44. The Labute approximate surface area is 151 Å². The molecule has 1 aliphatic carbocycles. The number of rotatable bonds is 4. The molecule has 1 fully saturated rings. The van der Waals surface area contributed by atoms with E-state index < -0.39 is 0 Å². The highest BCUT2D eigenvalue weighted by molar-refractivity contribution is 5.87. The van der Waals surface area contributed by atoms with Gasteiger partial charge in [-0.1, -0.05) is 81.4 Å². The number of hydrogen-bond donors (Lipinski definition) is 1. The fourth-order valence-corrected chi connectivity index (χ4v) is 4.53. The first-order valence-electron chi connectivity index (χ1n) is 9.35. The third kappa shape index (κ3) is 4.50. The Morgan fingerprint density at radius 1 is 0.960 bits per heavy atom. The largest absolute Gasteiger partial charge is 0.353 e. The molecule has 2 aromatic rings. The first-order valence-corrected chi connectivity index (χ1v) is 9.35. The maximum absolute atomic E-state index is 13.2. The number of nitrogens with one attached hydrogen (secondary N) is 1. The number of amides is 1. The van der Waals surface area contributed by atoms with Crippen molar-refractivity contribution in [3.05, 3.63) is 71.8 Å². The molecular weight excluding hydrogens is 306 g/mol. The van der Waals surface area contributed by atoms with E-state index in [0.29, 0.717) is 11.3 Å². The molecule has 1 aliphatic rings. The molecule has 0 bridgehead atoms. The first kappa shape index (κ1) is 17.7. The molecule has 3 rings (SSSR count). The van der Waals surface area contributed by atoms with E-state index in [1.54, 1.807) is 0 Å². The molecular formula is C23H29NO. The van der Waals surface area contributed by atoms with E-state index in [9.17, 15) is 4.79 Å². The Bertz CT molecular complexity index is 653. The van der Waals surface area contributed by atoms with Gasteiger partial charge in [0.25, 0.3) is 0 Å². The van der Waals surface area contributed by atoms with Crippen molar-refractivity contribution in [2.45, 2.75) is 52.0 Å². The molecule has 0 aromatic heterocycles. The molecule has 132 valence electrons. The van der Waals surface area contributed by atoms with Crippen molar-refractivity contribution >= 4 is 5.91 Å². The second-order valence-corrected chi connectivity index (χ2v) is 8.37. The summed E-state index contributed by atoms with van der Waals surface area (Å²) < 4.78 is 0.